The van der Waals surface area contributed by atoms with E-state index in [1.807, 2.05) is 0 Å². The Kier molecular flexibility index (Phi) is 3.93. The Morgan fingerprint density at radius 3 is 1.20 bits per heavy atom. The first-order chi connectivity index (χ1) is 2.50. The molecule has 1 saturated carbocycles. The van der Waals surface area contributed by atoms with Gasteiger partial charge in [-0.15, -0.1) is 0 Å². The van der Waals surface area contributed by atoms with Crippen molar-refractivity contribution in [2.45, 2.75) is 19.3 Å². The summed E-state index contributed by atoms with van der Waals surface area (Å²) in [6.07, 6.45) is 4.50. The monoisotopic (exact) mass is 74.1 g/mol. The normalized spacial score (nSPS) is 15.6. The third-order valence-electron chi connectivity index (χ3n) is 0.354. The fourth-order valence-electron chi connectivity index (χ4n) is 0. The minimum Gasteiger partial charge on any atom is -0.400 e. The van der Waals surface area contributed by atoms with Crippen molar-refractivity contribution < 1.29 is 5.11 Å². The number of aliphatic hydroxyl groups is 1. The summed E-state index contributed by atoms with van der Waals surface area (Å²) in [5, 5.41) is 7.00. The molecule has 0 aromatic heterocycles. The van der Waals surface area contributed by atoms with Gasteiger partial charge in [0.05, 0.1) is 0 Å². The van der Waals surface area contributed by atoms with Crippen LogP contribution in [0.15, 0.2) is 0 Å². The first-order valence-corrected chi connectivity index (χ1v) is 1.95. The van der Waals surface area contributed by atoms with Crippen LogP contribution in [0.3, 0.4) is 0 Å². The van der Waals surface area contributed by atoms with Gasteiger partial charge in [-0.05, 0) is 0 Å². The van der Waals surface area contributed by atoms with Crippen molar-refractivity contribution in [3.63, 3.8) is 0 Å². The first-order valence-electron chi connectivity index (χ1n) is 1.95. The fourth-order valence-corrected chi connectivity index (χ4v) is 0. The lowest BCUT2D eigenvalue weighted by atomic mass is 11.0. The molecule has 0 saturated heterocycles. The van der Waals surface area contributed by atoms with Gasteiger partial charge in [-0.25, -0.2) is 0 Å². The van der Waals surface area contributed by atoms with E-state index in [-0.39, 0.29) is 0 Å². The molecule has 1 rings (SSSR count). The largest absolute Gasteiger partial charge is 0.400 e. The van der Waals surface area contributed by atoms with Crippen molar-refractivity contribution in [3.05, 3.63) is 0 Å². The highest BCUT2D eigenvalue weighted by Crippen LogP contribution is 2.14. The van der Waals surface area contributed by atoms with Crippen molar-refractivity contribution in [2.24, 2.45) is 0 Å². The molecule has 0 heterocycles. The van der Waals surface area contributed by atoms with E-state index in [0.717, 1.165) is 7.11 Å². The zero-order valence-electron chi connectivity index (χ0n) is 3.57. The van der Waals surface area contributed by atoms with Crippen LogP contribution >= 0.6 is 0 Å². The Balaban J connectivity index is 0.0000000733. The highest BCUT2D eigenvalue weighted by molar-refractivity contribution is 4.50. The lowest BCUT2D eigenvalue weighted by Gasteiger charge is -1.21. The topological polar surface area (TPSA) is 20.2 Å². The molecule has 0 amide bonds. The second-order valence-electron chi connectivity index (χ2n) is 1.06. The molecule has 1 aliphatic rings. The van der Waals surface area contributed by atoms with Crippen molar-refractivity contribution in [1.29, 1.82) is 0 Å². The quantitative estimate of drug-likeness (QED) is 0.450. The van der Waals surface area contributed by atoms with Crippen molar-refractivity contribution in [1.82, 2.24) is 0 Å². The van der Waals surface area contributed by atoms with Crippen molar-refractivity contribution >= 4 is 0 Å². The molecule has 0 radical (unpaired) electrons. The fraction of sp³-hybridized carbons (Fsp3) is 1.00. The summed E-state index contributed by atoms with van der Waals surface area (Å²) in [5.41, 5.74) is 0. The zero-order chi connectivity index (χ0) is 4.12. The number of rotatable bonds is 0. The molecule has 1 N–H and O–H groups in total. The molecule has 1 nitrogen and oxygen atoms in total. The summed E-state index contributed by atoms with van der Waals surface area (Å²) < 4.78 is 0. The van der Waals surface area contributed by atoms with Crippen LogP contribution < -0.4 is 0 Å². The summed E-state index contributed by atoms with van der Waals surface area (Å²) in [7, 11) is 1.00. The molecule has 32 valence electrons. The SMILES string of the molecule is C1CC1.CO. The van der Waals surface area contributed by atoms with Gasteiger partial charge in [0.1, 0.15) is 0 Å². The van der Waals surface area contributed by atoms with Gasteiger partial charge >= 0.3 is 0 Å². The van der Waals surface area contributed by atoms with E-state index in [9.17, 15) is 0 Å². The third kappa shape index (κ3) is 16.5. The minimum atomic E-state index is 1.00. The molecule has 0 spiro atoms. The molecule has 0 bridgehead atoms. The van der Waals surface area contributed by atoms with Gasteiger partial charge in [0, 0.05) is 7.11 Å². The van der Waals surface area contributed by atoms with E-state index in [1.165, 1.54) is 19.3 Å². The maximum Gasteiger partial charge on any atom is 0.0319 e. The Labute approximate surface area is 32.6 Å². The van der Waals surface area contributed by atoms with Gasteiger partial charge in [0.25, 0.3) is 0 Å². The van der Waals surface area contributed by atoms with E-state index in [4.69, 9.17) is 5.11 Å². The second-order valence-corrected chi connectivity index (χ2v) is 1.06. The highest BCUT2D eigenvalue weighted by atomic mass is 16.2. The standard InChI is InChI=1S/C3H6.CH4O/c1-2-3-1;1-2/h1-3H2;2H,1H3. The van der Waals surface area contributed by atoms with Crippen LogP contribution in [0.25, 0.3) is 0 Å². The van der Waals surface area contributed by atoms with Crippen molar-refractivity contribution in [3.8, 4) is 0 Å². The summed E-state index contributed by atoms with van der Waals surface area (Å²) in [6, 6.07) is 0. The zero-order valence-corrected chi connectivity index (χ0v) is 3.57. The van der Waals surface area contributed by atoms with Crippen LogP contribution in [0, 0.1) is 0 Å². The Bertz CT molecular complexity index is 8.36. The first kappa shape index (κ1) is 4.96. The molecule has 0 aromatic rings. The number of hydrogen-bond donors (Lipinski definition) is 1. The molecular weight excluding hydrogens is 64.0 g/mol. The summed E-state index contributed by atoms with van der Waals surface area (Å²) in [6.45, 7) is 0. The molecule has 5 heavy (non-hydrogen) atoms. The Morgan fingerprint density at radius 1 is 1.00 bits per heavy atom. The lowest BCUT2D eigenvalue weighted by Crippen LogP contribution is -1.25. The summed E-state index contributed by atoms with van der Waals surface area (Å²) in [5.74, 6) is 0. The molecule has 0 aliphatic heterocycles. The lowest BCUT2D eigenvalue weighted by molar-refractivity contribution is 0.399. The number of aliphatic hydroxyl groups excluding tert-OH is 1. The Morgan fingerprint density at radius 2 is 1.20 bits per heavy atom. The molecule has 0 unspecified atom stereocenters. The van der Waals surface area contributed by atoms with Crippen molar-refractivity contribution in [2.75, 3.05) is 7.11 Å². The van der Waals surface area contributed by atoms with E-state index in [0.29, 0.717) is 0 Å². The van der Waals surface area contributed by atoms with Crippen LogP contribution in [0.5, 0.6) is 0 Å². The van der Waals surface area contributed by atoms with Gasteiger partial charge in [-0.3, -0.25) is 0 Å². The predicted molar refractivity (Wildman–Crippen MR) is 22.0 cm³/mol. The molecular formula is C4H10O. The Hall–Kier alpha value is -0.0400. The van der Waals surface area contributed by atoms with E-state index in [2.05, 4.69) is 0 Å². The highest BCUT2D eigenvalue weighted by Gasteiger charge is 1.95. The maximum absolute atomic E-state index is 7.00. The van der Waals surface area contributed by atoms with Gasteiger partial charge in [0.2, 0.25) is 0 Å². The van der Waals surface area contributed by atoms with Gasteiger partial charge in [0.15, 0.2) is 0 Å². The third-order valence-corrected chi connectivity index (χ3v) is 0.354. The molecule has 0 atom stereocenters. The van der Waals surface area contributed by atoms with E-state index < -0.39 is 0 Å². The second kappa shape index (κ2) is 3.96. The smallest absolute Gasteiger partial charge is 0.0319 e. The molecule has 1 aliphatic carbocycles. The summed E-state index contributed by atoms with van der Waals surface area (Å²) >= 11 is 0. The van der Waals surface area contributed by atoms with Crippen LogP contribution in [-0.4, -0.2) is 12.2 Å². The van der Waals surface area contributed by atoms with E-state index in [1.54, 1.807) is 0 Å². The maximum atomic E-state index is 7.00. The minimum absolute atomic E-state index is 1.00. The van der Waals surface area contributed by atoms with Crippen LogP contribution in [0.1, 0.15) is 19.3 Å². The van der Waals surface area contributed by atoms with Gasteiger partial charge in [-0.2, -0.15) is 0 Å². The predicted octanol–water partition coefficient (Wildman–Crippen LogP) is 0.779. The number of hydrogen-bond acceptors (Lipinski definition) is 1. The average Bonchev–Trinajstić information content (AvgIpc) is 2.19. The summed E-state index contributed by atoms with van der Waals surface area (Å²) in [4.78, 5) is 0. The van der Waals surface area contributed by atoms with Gasteiger partial charge in [-0.1, -0.05) is 19.3 Å². The molecule has 1 heteroatoms. The van der Waals surface area contributed by atoms with Crippen LogP contribution in [-0.2, 0) is 0 Å². The molecule has 0 aromatic carbocycles. The van der Waals surface area contributed by atoms with Crippen LogP contribution in [0.2, 0.25) is 0 Å². The van der Waals surface area contributed by atoms with E-state index >= 15 is 0 Å². The van der Waals surface area contributed by atoms with Crippen LogP contribution in [0.4, 0.5) is 0 Å². The average molecular weight is 74.1 g/mol. The van der Waals surface area contributed by atoms with Gasteiger partial charge < -0.3 is 5.11 Å². The molecule has 1 fully saturated rings.